The fourth-order valence-electron chi connectivity index (χ4n) is 6.02. The third-order valence-corrected chi connectivity index (χ3v) is 9.77. The Kier molecular flexibility index (Phi) is 21.8. The van der Waals surface area contributed by atoms with Gasteiger partial charge in [-0.2, -0.15) is 0 Å². The van der Waals surface area contributed by atoms with Gasteiger partial charge in [-0.05, 0) is 173 Å². The molecule has 0 radical (unpaired) electrons. The Morgan fingerprint density at radius 3 is 0.736 bits per heavy atom. The molecule has 0 aliphatic carbocycles. The average Bonchev–Trinajstić information content (AvgIpc) is 3.39. The monoisotopic (exact) mass is 986 g/mol. The minimum atomic E-state index is -0.894. The molecule has 5 aromatic rings. The number of hydrogen-bond donors (Lipinski definition) is 0. The third-order valence-electron chi connectivity index (χ3n) is 9.77. The zero-order valence-corrected chi connectivity index (χ0v) is 38.9. The van der Waals surface area contributed by atoms with Gasteiger partial charge in [0.15, 0.2) is 0 Å². The molecule has 0 saturated heterocycles. The quantitative estimate of drug-likeness (QED) is 0.0125. The van der Waals surface area contributed by atoms with Gasteiger partial charge in [0.25, 0.3) is 0 Å². The summed E-state index contributed by atoms with van der Waals surface area (Å²) in [5.41, 5.74) is 0.654. The Hall–Kier alpha value is -9.06. The summed E-state index contributed by atoms with van der Waals surface area (Å²) in [6, 6.07) is 28.3. The van der Waals surface area contributed by atoms with Crippen LogP contribution in [0.5, 0.6) is 34.5 Å². The van der Waals surface area contributed by atoms with Crippen molar-refractivity contribution >= 4 is 48.1 Å². The Morgan fingerprint density at radius 2 is 0.500 bits per heavy atom. The van der Waals surface area contributed by atoms with Crippen LogP contribution < -0.4 is 28.4 Å². The zero-order chi connectivity index (χ0) is 51.5. The summed E-state index contributed by atoms with van der Waals surface area (Å²) in [7, 11) is 0. The molecular weight excluding hydrogens is 937 g/mol. The SMILES string of the molecule is C=CC(=O)OCCCCCCOC(=O)Oc1ccc(C(=O)Oc2ccc(C(=O)Oc3ccc(OC(=O)c4ccc(OC(=O)c5ccc(OC(=O)OCCCCCCOC(=O)C=C)cc5)cc4)cc3)cc2)cc1. The Balaban J connectivity index is 0.967. The normalized spacial score (nSPS) is 10.3. The lowest BCUT2D eigenvalue weighted by atomic mass is 10.2. The predicted octanol–water partition coefficient (Wildman–Crippen LogP) is 10.2. The van der Waals surface area contributed by atoms with E-state index in [2.05, 4.69) is 13.2 Å². The number of carbonyl (C=O) groups excluding carboxylic acids is 8. The van der Waals surface area contributed by atoms with Crippen molar-refractivity contribution in [1.82, 2.24) is 0 Å². The first-order valence-corrected chi connectivity index (χ1v) is 22.6. The van der Waals surface area contributed by atoms with Gasteiger partial charge in [0.2, 0.25) is 0 Å². The summed E-state index contributed by atoms with van der Waals surface area (Å²) in [6.07, 6.45) is 6.10. The van der Waals surface area contributed by atoms with Crippen molar-refractivity contribution in [2.75, 3.05) is 26.4 Å². The molecule has 0 unspecified atom stereocenters. The molecule has 18 heteroatoms. The standard InChI is InChI=1S/C54H50O18/c1-3-47(55)63-33-9-5-7-11-35-65-53(61)71-45-25-17-39(18-26-45)49(57)67-41-21-13-37(14-22-41)51(59)69-43-29-31-44(32-30-43)70-52(60)38-15-23-42(24-16-38)68-50(58)40-19-27-46(28-20-40)72-54(62)66-36-12-8-6-10-34-64-48(56)4-2/h3-4,13-32H,1-2,5-12,33-36H2. The van der Waals surface area contributed by atoms with Crippen LogP contribution in [0.3, 0.4) is 0 Å². The second-order valence-electron chi connectivity index (χ2n) is 15.1. The molecule has 0 atom stereocenters. The van der Waals surface area contributed by atoms with Crippen molar-refractivity contribution in [3.63, 3.8) is 0 Å². The fraction of sp³-hybridized carbons (Fsp3) is 0.222. The summed E-state index contributed by atoms with van der Waals surface area (Å²) in [5.74, 6) is -2.80. The van der Waals surface area contributed by atoms with Gasteiger partial charge in [0, 0.05) is 12.2 Å². The molecule has 5 aromatic carbocycles. The molecule has 0 spiro atoms. The van der Waals surface area contributed by atoms with E-state index >= 15 is 0 Å². The van der Waals surface area contributed by atoms with E-state index in [4.69, 9.17) is 47.4 Å². The second-order valence-corrected chi connectivity index (χ2v) is 15.1. The lowest BCUT2D eigenvalue weighted by Gasteiger charge is -2.09. The van der Waals surface area contributed by atoms with Crippen molar-refractivity contribution in [2.24, 2.45) is 0 Å². The molecule has 18 nitrogen and oxygen atoms in total. The highest BCUT2D eigenvalue weighted by Crippen LogP contribution is 2.23. The maximum absolute atomic E-state index is 12.8. The van der Waals surface area contributed by atoms with Crippen LogP contribution in [0.15, 0.2) is 147 Å². The van der Waals surface area contributed by atoms with Gasteiger partial charge < -0.3 is 47.4 Å². The second kappa shape index (κ2) is 29.1. The molecule has 0 aromatic heterocycles. The van der Waals surface area contributed by atoms with Crippen molar-refractivity contribution in [3.05, 3.63) is 169 Å². The number of rotatable bonds is 26. The average molecular weight is 987 g/mol. The van der Waals surface area contributed by atoms with E-state index in [9.17, 15) is 38.4 Å². The zero-order valence-electron chi connectivity index (χ0n) is 38.9. The molecule has 0 fully saturated rings. The largest absolute Gasteiger partial charge is 0.513 e. The van der Waals surface area contributed by atoms with Crippen LogP contribution in [-0.4, -0.2) is 74.6 Å². The van der Waals surface area contributed by atoms with Crippen LogP contribution in [0.2, 0.25) is 0 Å². The van der Waals surface area contributed by atoms with Crippen molar-refractivity contribution in [2.45, 2.75) is 51.4 Å². The molecule has 5 rings (SSSR count). The van der Waals surface area contributed by atoms with Crippen molar-refractivity contribution < 1.29 is 85.7 Å². The van der Waals surface area contributed by atoms with E-state index in [1.807, 2.05) is 0 Å². The van der Waals surface area contributed by atoms with Crippen LogP contribution in [0, 0.1) is 0 Å². The highest BCUT2D eigenvalue weighted by Gasteiger charge is 2.16. The molecule has 0 saturated carbocycles. The highest BCUT2D eigenvalue weighted by molar-refractivity contribution is 5.94. The van der Waals surface area contributed by atoms with Gasteiger partial charge in [-0.1, -0.05) is 13.2 Å². The lowest BCUT2D eigenvalue weighted by Crippen LogP contribution is -2.12. The van der Waals surface area contributed by atoms with E-state index < -0.39 is 48.1 Å². The van der Waals surface area contributed by atoms with E-state index in [0.717, 1.165) is 37.8 Å². The first-order valence-electron chi connectivity index (χ1n) is 22.6. The van der Waals surface area contributed by atoms with Gasteiger partial charge in [-0.15, -0.1) is 0 Å². The number of esters is 6. The number of benzene rings is 5. The maximum Gasteiger partial charge on any atom is 0.513 e. The van der Waals surface area contributed by atoms with E-state index in [-0.39, 0.29) is 70.0 Å². The van der Waals surface area contributed by atoms with Gasteiger partial charge >= 0.3 is 48.1 Å². The Bertz CT molecular complexity index is 2450. The molecule has 0 bridgehead atoms. The van der Waals surface area contributed by atoms with Gasteiger partial charge in [-0.3, -0.25) is 0 Å². The van der Waals surface area contributed by atoms with Crippen LogP contribution in [0.1, 0.15) is 92.8 Å². The minimum absolute atomic E-state index is 0.149. The summed E-state index contributed by atoms with van der Waals surface area (Å²) >= 11 is 0. The highest BCUT2D eigenvalue weighted by atomic mass is 16.7. The Morgan fingerprint density at radius 1 is 0.292 bits per heavy atom. The summed E-state index contributed by atoms with van der Waals surface area (Å²) in [6.45, 7) is 7.55. The van der Waals surface area contributed by atoms with Crippen LogP contribution in [0.25, 0.3) is 0 Å². The van der Waals surface area contributed by atoms with Crippen molar-refractivity contribution in [3.8, 4) is 34.5 Å². The molecule has 72 heavy (non-hydrogen) atoms. The van der Waals surface area contributed by atoms with Crippen LogP contribution in [-0.2, 0) is 28.5 Å². The van der Waals surface area contributed by atoms with E-state index in [0.29, 0.717) is 38.9 Å². The predicted molar refractivity (Wildman–Crippen MR) is 255 cm³/mol. The summed E-state index contributed by atoms with van der Waals surface area (Å²) < 4.78 is 51.9. The molecule has 374 valence electrons. The molecule has 0 amide bonds. The Labute approximate surface area is 413 Å². The molecular formula is C54H50O18. The maximum atomic E-state index is 12.8. The van der Waals surface area contributed by atoms with Gasteiger partial charge in [0.05, 0.1) is 48.7 Å². The summed E-state index contributed by atoms with van der Waals surface area (Å²) in [5, 5.41) is 0. The van der Waals surface area contributed by atoms with Crippen LogP contribution in [0.4, 0.5) is 9.59 Å². The molecule has 0 aliphatic rings. The smallest absolute Gasteiger partial charge is 0.463 e. The molecule has 0 aliphatic heterocycles. The fourth-order valence-corrected chi connectivity index (χ4v) is 6.02. The number of hydrogen-bond acceptors (Lipinski definition) is 18. The van der Waals surface area contributed by atoms with E-state index in [1.165, 1.54) is 121 Å². The summed E-state index contributed by atoms with van der Waals surface area (Å²) in [4.78, 5) is 97.2. The first-order chi connectivity index (χ1) is 34.9. The lowest BCUT2D eigenvalue weighted by molar-refractivity contribution is -0.138. The van der Waals surface area contributed by atoms with Gasteiger partial charge in [-0.25, -0.2) is 38.4 Å². The minimum Gasteiger partial charge on any atom is -0.463 e. The topological polar surface area (TPSA) is 229 Å². The van der Waals surface area contributed by atoms with Crippen molar-refractivity contribution in [1.29, 1.82) is 0 Å². The van der Waals surface area contributed by atoms with Crippen LogP contribution >= 0.6 is 0 Å². The number of carbonyl (C=O) groups is 8. The molecule has 0 N–H and O–H groups in total. The van der Waals surface area contributed by atoms with Gasteiger partial charge in [0.1, 0.15) is 34.5 Å². The van der Waals surface area contributed by atoms with E-state index in [1.54, 1.807) is 0 Å². The molecule has 0 heterocycles. The number of ether oxygens (including phenoxy) is 10. The number of unbranched alkanes of at least 4 members (excludes halogenated alkanes) is 6. The first kappa shape index (κ1) is 53.9. The third kappa shape index (κ3) is 19.1.